The van der Waals surface area contributed by atoms with Gasteiger partial charge in [0.25, 0.3) is 5.91 Å². The third kappa shape index (κ3) is 5.56. The summed E-state index contributed by atoms with van der Waals surface area (Å²) in [4.78, 5) is 12.6. The fourth-order valence-corrected chi connectivity index (χ4v) is 2.94. The largest absolute Gasteiger partial charge is 0.490 e. The summed E-state index contributed by atoms with van der Waals surface area (Å²) in [7, 11) is 0. The minimum atomic E-state index is -0.291. The average molecular weight is 409 g/mol. The Morgan fingerprint density at radius 1 is 0.933 bits per heavy atom. The van der Waals surface area contributed by atoms with Gasteiger partial charge in [0, 0.05) is 0 Å². The Morgan fingerprint density at radius 3 is 2.40 bits per heavy atom. The van der Waals surface area contributed by atoms with Gasteiger partial charge in [0.1, 0.15) is 18.1 Å². The first-order valence-electron chi connectivity index (χ1n) is 10.1. The van der Waals surface area contributed by atoms with E-state index in [0.29, 0.717) is 30.5 Å². The van der Waals surface area contributed by atoms with Crippen molar-refractivity contribution in [2.45, 2.75) is 33.4 Å². The number of hydrogen-bond donors (Lipinski definition) is 1. The van der Waals surface area contributed by atoms with Gasteiger partial charge >= 0.3 is 0 Å². The van der Waals surface area contributed by atoms with Crippen LogP contribution in [0.5, 0.6) is 17.2 Å². The molecule has 2 aromatic carbocycles. The first-order chi connectivity index (χ1) is 14.6. The van der Waals surface area contributed by atoms with Crippen LogP contribution in [-0.4, -0.2) is 19.1 Å². The molecule has 1 amide bonds. The van der Waals surface area contributed by atoms with Gasteiger partial charge in [0.2, 0.25) is 0 Å². The van der Waals surface area contributed by atoms with Crippen molar-refractivity contribution in [3.8, 4) is 17.2 Å². The van der Waals surface area contributed by atoms with Crippen molar-refractivity contribution in [3.05, 3.63) is 77.7 Å². The zero-order valence-electron chi connectivity index (χ0n) is 17.5. The van der Waals surface area contributed by atoms with Crippen LogP contribution in [0.3, 0.4) is 0 Å². The number of para-hydroxylation sites is 1. The Labute approximate surface area is 176 Å². The number of ether oxygens (including phenoxy) is 3. The molecule has 0 fully saturated rings. The van der Waals surface area contributed by atoms with Gasteiger partial charge in [-0.1, -0.05) is 24.3 Å². The minimum Gasteiger partial charge on any atom is -0.490 e. The molecule has 0 aliphatic carbocycles. The summed E-state index contributed by atoms with van der Waals surface area (Å²) in [5.41, 5.74) is 0.912. The summed E-state index contributed by atoms with van der Waals surface area (Å²) in [6, 6.07) is 18.3. The zero-order chi connectivity index (χ0) is 21.3. The first-order valence-corrected chi connectivity index (χ1v) is 10.1. The Kier molecular flexibility index (Phi) is 7.38. The molecule has 1 atom stereocenters. The van der Waals surface area contributed by atoms with E-state index in [-0.39, 0.29) is 24.3 Å². The van der Waals surface area contributed by atoms with Crippen LogP contribution in [-0.2, 0) is 6.61 Å². The average Bonchev–Trinajstić information content (AvgIpc) is 3.24. The lowest BCUT2D eigenvalue weighted by atomic mass is 10.1. The van der Waals surface area contributed by atoms with E-state index in [0.717, 1.165) is 11.3 Å². The van der Waals surface area contributed by atoms with Gasteiger partial charge in [0.05, 0.1) is 19.3 Å². The van der Waals surface area contributed by atoms with E-state index in [2.05, 4.69) is 5.32 Å². The number of nitrogens with one attached hydrogen (secondary N) is 1. The topological polar surface area (TPSA) is 69.9 Å². The standard InChI is InChI=1S/C24H27NO5/c1-4-27-21-13-11-18(15-23(21)28-5-2)17(3)25-24(26)22-14-12-20(30-22)16-29-19-9-7-6-8-10-19/h6-15,17H,4-5,16H2,1-3H3,(H,25,26). The second-order valence-electron chi connectivity index (χ2n) is 6.64. The van der Waals surface area contributed by atoms with Crippen molar-refractivity contribution >= 4 is 5.91 Å². The summed E-state index contributed by atoms with van der Waals surface area (Å²) >= 11 is 0. The third-order valence-electron chi connectivity index (χ3n) is 4.42. The maximum Gasteiger partial charge on any atom is 0.287 e. The van der Waals surface area contributed by atoms with Crippen molar-refractivity contribution < 1.29 is 23.4 Å². The lowest BCUT2D eigenvalue weighted by Crippen LogP contribution is -2.26. The van der Waals surface area contributed by atoms with Gasteiger partial charge in [0.15, 0.2) is 17.3 Å². The molecule has 0 bridgehead atoms. The normalized spacial score (nSPS) is 11.6. The Bertz CT molecular complexity index is 951. The van der Waals surface area contributed by atoms with Crippen LogP contribution in [0.15, 0.2) is 65.1 Å². The van der Waals surface area contributed by atoms with Crippen LogP contribution in [0, 0.1) is 0 Å². The van der Waals surface area contributed by atoms with Crippen molar-refractivity contribution in [3.63, 3.8) is 0 Å². The molecule has 1 heterocycles. The molecule has 30 heavy (non-hydrogen) atoms. The number of amides is 1. The fourth-order valence-electron chi connectivity index (χ4n) is 2.94. The van der Waals surface area contributed by atoms with E-state index < -0.39 is 0 Å². The third-order valence-corrected chi connectivity index (χ3v) is 4.42. The molecule has 6 heteroatoms. The van der Waals surface area contributed by atoms with Crippen LogP contribution in [0.4, 0.5) is 0 Å². The van der Waals surface area contributed by atoms with Crippen LogP contribution >= 0.6 is 0 Å². The number of rotatable bonds is 10. The number of carbonyl (C=O) groups is 1. The van der Waals surface area contributed by atoms with Crippen molar-refractivity contribution in [2.75, 3.05) is 13.2 Å². The van der Waals surface area contributed by atoms with Crippen LogP contribution < -0.4 is 19.5 Å². The predicted molar refractivity (Wildman–Crippen MR) is 114 cm³/mol. The van der Waals surface area contributed by atoms with Crippen molar-refractivity contribution in [1.82, 2.24) is 5.32 Å². The van der Waals surface area contributed by atoms with Crippen LogP contribution in [0.2, 0.25) is 0 Å². The predicted octanol–water partition coefficient (Wildman–Crippen LogP) is 5.15. The summed E-state index contributed by atoms with van der Waals surface area (Å²) < 4.78 is 22.5. The van der Waals surface area contributed by atoms with E-state index in [4.69, 9.17) is 18.6 Å². The maximum absolute atomic E-state index is 12.6. The minimum absolute atomic E-state index is 0.235. The lowest BCUT2D eigenvalue weighted by Gasteiger charge is -2.17. The highest BCUT2D eigenvalue weighted by Gasteiger charge is 2.17. The van der Waals surface area contributed by atoms with Gasteiger partial charge in [-0.3, -0.25) is 4.79 Å². The molecule has 0 spiro atoms. The SMILES string of the molecule is CCOc1ccc(C(C)NC(=O)c2ccc(COc3ccccc3)o2)cc1OCC. The zero-order valence-corrected chi connectivity index (χ0v) is 17.5. The molecule has 3 rings (SSSR count). The van der Waals surface area contributed by atoms with Crippen LogP contribution in [0.1, 0.15) is 48.7 Å². The number of benzene rings is 2. The van der Waals surface area contributed by atoms with Gasteiger partial charge in [-0.15, -0.1) is 0 Å². The highest BCUT2D eigenvalue weighted by molar-refractivity contribution is 5.91. The fraction of sp³-hybridized carbons (Fsp3) is 0.292. The molecule has 0 aliphatic rings. The van der Waals surface area contributed by atoms with Crippen LogP contribution in [0.25, 0.3) is 0 Å². The highest BCUT2D eigenvalue weighted by Crippen LogP contribution is 2.30. The molecule has 3 aromatic rings. The van der Waals surface area contributed by atoms with Gasteiger partial charge < -0.3 is 23.9 Å². The van der Waals surface area contributed by atoms with E-state index >= 15 is 0 Å². The smallest absolute Gasteiger partial charge is 0.287 e. The monoisotopic (exact) mass is 409 g/mol. The summed E-state index contributed by atoms with van der Waals surface area (Å²) in [6.45, 7) is 7.10. The molecule has 0 radical (unpaired) electrons. The molecular formula is C24H27NO5. The van der Waals surface area contributed by atoms with E-state index in [1.165, 1.54) is 0 Å². The number of hydrogen-bond acceptors (Lipinski definition) is 5. The summed E-state index contributed by atoms with van der Waals surface area (Å²) in [5, 5.41) is 2.95. The highest BCUT2D eigenvalue weighted by atomic mass is 16.5. The molecule has 0 saturated heterocycles. The van der Waals surface area contributed by atoms with Gasteiger partial charge in [-0.05, 0) is 62.7 Å². The maximum atomic E-state index is 12.6. The summed E-state index contributed by atoms with van der Waals surface area (Å²) in [5.74, 6) is 2.63. The number of furan rings is 1. The number of carbonyl (C=O) groups excluding carboxylic acids is 1. The molecule has 6 nitrogen and oxygen atoms in total. The second-order valence-corrected chi connectivity index (χ2v) is 6.64. The quantitative estimate of drug-likeness (QED) is 0.502. The molecule has 0 saturated carbocycles. The first kappa shape index (κ1) is 21.3. The Morgan fingerprint density at radius 2 is 1.67 bits per heavy atom. The van der Waals surface area contributed by atoms with Crippen molar-refractivity contribution in [2.24, 2.45) is 0 Å². The molecule has 1 unspecified atom stereocenters. The second kappa shape index (κ2) is 10.4. The molecule has 1 aromatic heterocycles. The van der Waals surface area contributed by atoms with E-state index in [1.54, 1.807) is 12.1 Å². The van der Waals surface area contributed by atoms with Gasteiger partial charge in [-0.25, -0.2) is 0 Å². The Hall–Kier alpha value is -3.41. The molecule has 1 N–H and O–H groups in total. The van der Waals surface area contributed by atoms with E-state index in [1.807, 2.05) is 69.3 Å². The summed E-state index contributed by atoms with van der Waals surface area (Å²) in [6.07, 6.45) is 0. The molecule has 0 aliphatic heterocycles. The molecule has 158 valence electrons. The lowest BCUT2D eigenvalue weighted by molar-refractivity contribution is 0.0907. The molecular weight excluding hydrogens is 382 g/mol. The Balaban J connectivity index is 1.61. The van der Waals surface area contributed by atoms with Crippen molar-refractivity contribution in [1.29, 1.82) is 0 Å². The van der Waals surface area contributed by atoms with Gasteiger partial charge in [-0.2, -0.15) is 0 Å². The van der Waals surface area contributed by atoms with E-state index in [9.17, 15) is 4.79 Å².